The van der Waals surface area contributed by atoms with Gasteiger partial charge in [-0.15, -0.1) is 0 Å². The van der Waals surface area contributed by atoms with Gasteiger partial charge in [0.05, 0.1) is 6.61 Å². The second-order valence-electron chi connectivity index (χ2n) is 5.65. The van der Waals surface area contributed by atoms with Crippen molar-refractivity contribution in [1.29, 1.82) is 0 Å². The number of anilines is 1. The number of carbonyl (C=O) groups excluding carboxylic acids is 1. The molecule has 0 spiro atoms. The van der Waals surface area contributed by atoms with Crippen molar-refractivity contribution < 1.29 is 9.53 Å². The summed E-state index contributed by atoms with van der Waals surface area (Å²) in [6, 6.07) is 10.1. The quantitative estimate of drug-likeness (QED) is 0.379. The summed E-state index contributed by atoms with van der Waals surface area (Å²) in [7, 11) is 0. The molecule has 1 aliphatic rings. The fourth-order valence-electron chi connectivity index (χ4n) is 2.62. The van der Waals surface area contributed by atoms with Crippen LogP contribution in [-0.4, -0.2) is 43.1 Å². The maximum Gasteiger partial charge on any atom is 0.305 e. The summed E-state index contributed by atoms with van der Waals surface area (Å²) in [6.07, 6.45) is 4.84. The maximum atomic E-state index is 11.4. The second kappa shape index (κ2) is 9.87. The molecule has 126 valence electrons. The van der Waals surface area contributed by atoms with Crippen LogP contribution in [0.25, 0.3) is 0 Å². The number of nitrogens with one attached hydrogen (secondary N) is 1. The van der Waals surface area contributed by atoms with Crippen LogP contribution in [-0.2, 0) is 9.53 Å². The Morgan fingerprint density at radius 1 is 1.22 bits per heavy atom. The van der Waals surface area contributed by atoms with Crippen LogP contribution < -0.4 is 5.32 Å². The Morgan fingerprint density at radius 2 is 1.96 bits per heavy atom. The molecule has 0 aliphatic carbocycles. The summed E-state index contributed by atoms with van der Waals surface area (Å²) in [6.45, 7) is 4.97. The molecule has 5 heteroatoms. The highest BCUT2D eigenvalue weighted by molar-refractivity contribution is 5.93. The lowest BCUT2D eigenvalue weighted by atomic mass is 10.1. The summed E-state index contributed by atoms with van der Waals surface area (Å²) < 4.78 is 4.95. The van der Waals surface area contributed by atoms with Crippen LogP contribution in [0.15, 0.2) is 35.3 Å². The number of aliphatic imine (C=N–C) groups is 1. The van der Waals surface area contributed by atoms with Gasteiger partial charge in [0.1, 0.15) is 0 Å². The van der Waals surface area contributed by atoms with Crippen LogP contribution in [0.4, 0.5) is 5.69 Å². The Labute approximate surface area is 138 Å². The van der Waals surface area contributed by atoms with Gasteiger partial charge in [0, 0.05) is 31.7 Å². The highest BCUT2D eigenvalue weighted by Gasteiger charge is 2.15. The van der Waals surface area contributed by atoms with Crippen molar-refractivity contribution >= 4 is 17.6 Å². The van der Waals surface area contributed by atoms with E-state index in [0.29, 0.717) is 26.0 Å². The minimum absolute atomic E-state index is 0.141. The lowest BCUT2D eigenvalue weighted by Crippen LogP contribution is -2.40. The maximum absolute atomic E-state index is 11.4. The largest absolute Gasteiger partial charge is 0.466 e. The lowest BCUT2D eigenvalue weighted by molar-refractivity contribution is -0.143. The van der Waals surface area contributed by atoms with Gasteiger partial charge in [-0.3, -0.25) is 9.79 Å². The van der Waals surface area contributed by atoms with E-state index in [9.17, 15) is 4.79 Å². The Morgan fingerprint density at radius 3 is 2.65 bits per heavy atom. The normalized spacial score (nSPS) is 15.3. The van der Waals surface area contributed by atoms with E-state index in [1.807, 2.05) is 37.3 Å². The van der Waals surface area contributed by atoms with E-state index in [4.69, 9.17) is 9.73 Å². The standard InChI is InChI=1S/C18H27N3O2/c1-2-23-17(22)12-9-13-19-18(21-14-7-4-8-15-21)20-16-10-5-3-6-11-16/h3,5-6,10-11H,2,4,7-9,12-15H2,1H3,(H,19,20). The third kappa shape index (κ3) is 6.30. The van der Waals surface area contributed by atoms with Crippen molar-refractivity contribution in [3.8, 4) is 0 Å². The molecule has 0 aromatic heterocycles. The molecule has 0 bridgehead atoms. The zero-order chi connectivity index (χ0) is 16.3. The molecule has 1 aromatic carbocycles. The monoisotopic (exact) mass is 317 g/mol. The number of guanidine groups is 1. The number of esters is 1. The predicted molar refractivity (Wildman–Crippen MR) is 93.7 cm³/mol. The number of nitrogens with zero attached hydrogens (tertiary/aromatic N) is 2. The molecule has 1 N–H and O–H groups in total. The van der Waals surface area contributed by atoms with Crippen molar-refractivity contribution in [1.82, 2.24) is 4.90 Å². The van der Waals surface area contributed by atoms with Crippen LogP contribution >= 0.6 is 0 Å². The van der Waals surface area contributed by atoms with Crippen molar-refractivity contribution in [2.75, 3.05) is 31.6 Å². The smallest absolute Gasteiger partial charge is 0.305 e. The Balaban J connectivity index is 1.92. The average Bonchev–Trinajstić information content (AvgIpc) is 2.59. The molecule has 1 fully saturated rings. The zero-order valence-corrected chi connectivity index (χ0v) is 14.0. The Bertz CT molecular complexity index is 496. The van der Waals surface area contributed by atoms with Crippen LogP contribution in [0.1, 0.15) is 39.0 Å². The number of piperidine rings is 1. The molecule has 1 aromatic rings. The van der Waals surface area contributed by atoms with Gasteiger partial charge in [-0.25, -0.2) is 0 Å². The number of hydrogen-bond donors (Lipinski definition) is 1. The minimum atomic E-state index is -0.141. The molecule has 1 saturated heterocycles. The van der Waals surface area contributed by atoms with E-state index >= 15 is 0 Å². The van der Waals surface area contributed by atoms with Gasteiger partial charge in [-0.2, -0.15) is 0 Å². The number of benzene rings is 1. The van der Waals surface area contributed by atoms with E-state index in [1.165, 1.54) is 19.3 Å². The first-order chi connectivity index (χ1) is 11.3. The Hall–Kier alpha value is -2.04. The van der Waals surface area contributed by atoms with Gasteiger partial charge in [0.25, 0.3) is 0 Å². The molecule has 0 amide bonds. The van der Waals surface area contributed by atoms with Crippen LogP contribution in [0.5, 0.6) is 0 Å². The molecular weight excluding hydrogens is 290 g/mol. The fourth-order valence-corrected chi connectivity index (χ4v) is 2.62. The molecule has 2 rings (SSSR count). The lowest BCUT2D eigenvalue weighted by Gasteiger charge is -2.30. The predicted octanol–water partition coefficient (Wildman–Crippen LogP) is 3.28. The first-order valence-corrected chi connectivity index (χ1v) is 8.56. The van der Waals surface area contributed by atoms with Gasteiger partial charge in [0.2, 0.25) is 0 Å². The number of ether oxygens (including phenoxy) is 1. The third-order valence-corrected chi connectivity index (χ3v) is 3.79. The van der Waals surface area contributed by atoms with E-state index in [0.717, 1.165) is 24.7 Å². The van der Waals surface area contributed by atoms with Crippen molar-refractivity contribution in [2.45, 2.75) is 39.0 Å². The van der Waals surface area contributed by atoms with Crippen molar-refractivity contribution in [3.05, 3.63) is 30.3 Å². The van der Waals surface area contributed by atoms with Gasteiger partial charge in [0.15, 0.2) is 5.96 Å². The number of rotatable bonds is 6. The number of para-hydroxylation sites is 1. The highest BCUT2D eigenvalue weighted by Crippen LogP contribution is 2.12. The van der Waals surface area contributed by atoms with E-state index in [1.54, 1.807) is 0 Å². The van der Waals surface area contributed by atoms with E-state index < -0.39 is 0 Å². The third-order valence-electron chi connectivity index (χ3n) is 3.79. The summed E-state index contributed by atoms with van der Waals surface area (Å²) in [5, 5.41) is 3.42. The van der Waals surface area contributed by atoms with Crippen LogP contribution in [0, 0.1) is 0 Å². The molecule has 0 unspecified atom stereocenters. The van der Waals surface area contributed by atoms with E-state index in [-0.39, 0.29) is 5.97 Å². The second-order valence-corrected chi connectivity index (χ2v) is 5.65. The van der Waals surface area contributed by atoms with E-state index in [2.05, 4.69) is 10.2 Å². The molecule has 0 saturated carbocycles. The molecular formula is C18H27N3O2. The molecule has 1 heterocycles. The molecule has 0 radical (unpaired) electrons. The summed E-state index contributed by atoms with van der Waals surface area (Å²) in [5.41, 5.74) is 1.04. The van der Waals surface area contributed by atoms with Crippen molar-refractivity contribution in [2.24, 2.45) is 4.99 Å². The van der Waals surface area contributed by atoms with Crippen LogP contribution in [0.3, 0.4) is 0 Å². The Kier molecular flexibility index (Phi) is 7.43. The number of hydrogen-bond acceptors (Lipinski definition) is 3. The molecule has 5 nitrogen and oxygen atoms in total. The topological polar surface area (TPSA) is 53.9 Å². The average molecular weight is 317 g/mol. The van der Waals surface area contributed by atoms with Gasteiger partial charge in [-0.1, -0.05) is 18.2 Å². The summed E-state index contributed by atoms with van der Waals surface area (Å²) >= 11 is 0. The minimum Gasteiger partial charge on any atom is -0.466 e. The zero-order valence-electron chi connectivity index (χ0n) is 14.0. The number of carbonyl (C=O) groups is 1. The van der Waals surface area contributed by atoms with Gasteiger partial charge in [-0.05, 0) is 44.7 Å². The fraction of sp³-hybridized carbons (Fsp3) is 0.556. The first-order valence-electron chi connectivity index (χ1n) is 8.56. The molecule has 23 heavy (non-hydrogen) atoms. The number of likely N-dealkylation sites (tertiary alicyclic amines) is 1. The molecule has 0 atom stereocenters. The van der Waals surface area contributed by atoms with Crippen LogP contribution in [0.2, 0.25) is 0 Å². The highest BCUT2D eigenvalue weighted by atomic mass is 16.5. The summed E-state index contributed by atoms with van der Waals surface area (Å²) in [5.74, 6) is 0.776. The SMILES string of the molecule is CCOC(=O)CCCN=C(Nc1ccccc1)N1CCCCC1. The van der Waals surface area contributed by atoms with Gasteiger partial charge < -0.3 is 15.0 Å². The first kappa shape index (κ1) is 17.3. The van der Waals surface area contributed by atoms with Gasteiger partial charge >= 0.3 is 5.97 Å². The molecule has 1 aliphatic heterocycles. The summed E-state index contributed by atoms with van der Waals surface area (Å²) in [4.78, 5) is 18.4. The van der Waals surface area contributed by atoms with Crippen molar-refractivity contribution in [3.63, 3.8) is 0 Å².